The zero-order chi connectivity index (χ0) is 10.2. The van der Waals surface area contributed by atoms with Crippen molar-refractivity contribution in [2.75, 3.05) is 0 Å². The molecule has 0 saturated carbocycles. The van der Waals surface area contributed by atoms with Crippen LogP contribution in [0, 0.1) is 5.92 Å². The first-order valence-electron chi connectivity index (χ1n) is 4.12. The van der Waals surface area contributed by atoms with Crippen LogP contribution in [0.1, 0.15) is 13.8 Å². The number of hydrogen-bond donors (Lipinski definition) is 3. The molecule has 1 fully saturated rings. The zero-order valence-corrected chi connectivity index (χ0v) is 8.41. The lowest BCUT2D eigenvalue weighted by atomic mass is 9.96. The van der Waals surface area contributed by atoms with E-state index in [9.17, 15) is 14.7 Å². The average molecular weight is 203 g/mol. The number of nitrogens with one attached hydrogen (secondary N) is 1. The molecule has 1 amide bonds. The molecule has 13 heavy (non-hydrogen) atoms. The van der Waals surface area contributed by atoms with Crippen LogP contribution < -0.4 is 5.32 Å². The fourth-order valence-electron chi connectivity index (χ4n) is 1.53. The van der Waals surface area contributed by atoms with Crippen LogP contribution in [-0.4, -0.2) is 34.2 Å². The van der Waals surface area contributed by atoms with E-state index >= 15 is 0 Å². The van der Waals surface area contributed by atoms with Crippen molar-refractivity contribution in [2.24, 2.45) is 5.92 Å². The van der Waals surface area contributed by atoms with Gasteiger partial charge in [-0.2, -0.15) is 12.6 Å². The molecule has 0 aromatic heterocycles. The molecule has 1 heterocycles. The second-order valence-corrected chi connectivity index (χ2v) is 4.17. The van der Waals surface area contributed by atoms with Gasteiger partial charge in [0.25, 0.3) is 0 Å². The van der Waals surface area contributed by atoms with Crippen LogP contribution in [0.5, 0.6) is 0 Å². The summed E-state index contributed by atoms with van der Waals surface area (Å²) < 4.78 is 0. The first-order valence-corrected chi connectivity index (χ1v) is 4.63. The molecule has 1 saturated heterocycles. The van der Waals surface area contributed by atoms with E-state index < -0.39 is 24.0 Å². The molecule has 0 aromatic rings. The maximum atomic E-state index is 11.2. The van der Waals surface area contributed by atoms with Gasteiger partial charge in [-0.3, -0.25) is 9.59 Å². The summed E-state index contributed by atoms with van der Waals surface area (Å²) in [6.45, 7) is 3.07. The Morgan fingerprint density at radius 3 is 2.46 bits per heavy atom. The van der Waals surface area contributed by atoms with Gasteiger partial charge in [0.1, 0.15) is 11.7 Å². The zero-order valence-electron chi connectivity index (χ0n) is 7.52. The lowest BCUT2D eigenvalue weighted by molar-refractivity contribution is -0.132. The summed E-state index contributed by atoms with van der Waals surface area (Å²) in [5.74, 6) is -1.62. The van der Waals surface area contributed by atoms with Crippen molar-refractivity contribution < 1.29 is 14.7 Å². The molecule has 0 spiro atoms. The molecule has 0 aliphatic carbocycles. The van der Waals surface area contributed by atoms with Crippen molar-refractivity contribution >= 4 is 24.3 Å². The highest BCUT2D eigenvalue weighted by Gasteiger charge is 2.45. The summed E-state index contributed by atoms with van der Waals surface area (Å²) in [6.07, 6.45) is -0.947. The number of carbonyl (C=O) groups is 2. The standard InChI is InChI=1S/C8H13NO3S/c1-3(10)5-7(11)6(4(2)13)9-8(5)12/h4-7,11,13H,1-2H3,(H,9,12). The highest BCUT2D eigenvalue weighted by atomic mass is 32.1. The van der Waals surface area contributed by atoms with Crippen molar-refractivity contribution in [2.45, 2.75) is 31.2 Å². The number of amides is 1. The minimum atomic E-state index is -0.947. The van der Waals surface area contributed by atoms with Gasteiger partial charge in [-0.25, -0.2) is 0 Å². The Morgan fingerprint density at radius 1 is 1.69 bits per heavy atom. The summed E-state index contributed by atoms with van der Waals surface area (Å²) >= 11 is 4.12. The summed E-state index contributed by atoms with van der Waals surface area (Å²) in [5, 5.41) is 12.0. The SMILES string of the molecule is CC(=O)C1C(=O)NC(C(C)S)C1O. The second kappa shape index (κ2) is 3.67. The van der Waals surface area contributed by atoms with Gasteiger partial charge in [-0.05, 0) is 6.92 Å². The number of rotatable bonds is 2. The molecule has 0 bridgehead atoms. The van der Waals surface area contributed by atoms with E-state index in [-0.39, 0.29) is 11.0 Å². The predicted octanol–water partition coefficient (Wildman–Crippen LogP) is -0.631. The quantitative estimate of drug-likeness (QED) is 0.413. The maximum Gasteiger partial charge on any atom is 0.233 e. The Hall–Kier alpha value is -0.550. The number of Topliss-reactive ketones (excluding diaryl/α,β-unsaturated/α-hetero) is 1. The van der Waals surface area contributed by atoms with Crippen LogP contribution in [0.3, 0.4) is 0 Å². The van der Waals surface area contributed by atoms with Gasteiger partial charge >= 0.3 is 0 Å². The van der Waals surface area contributed by atoms with Gasteiger partial charge < -0.3 is 10.4 Å². The summed E-state index contributed by atoms with van der Waals surface area (Å²) in [7, 11) is 0. The van der Waals surface area contributed by atoms with Crippen molar-refractivity contribution in [3.63, 3.8) is 0 Å². The van der Waals surface area contributed by atoms with Gasteiger partial charge in [0.05, 0.1) is 12.1 Å². The van der Waals surface area contributed by atoms with Crippen molar-refractivity contribution in [1.82, 2.24) is 5.32 Å². The molecular formula is C8H13NO3S. The van der Waals surface area contributed by atoms with Gasteiger partial charge in [-0.15, -0.1) is 0 Å². The summed E-state index contributed by atoms with van der Waals surface area (Å²) in [4.78, 5) is 22.2. The number of aliphatic hydroxyl groups is 1. The topological polar surface area (TPSA) is 66.4 Å². The molecule has 1 rings (SSSR count). The van der Waals surface area contributed by atoms with E-state index in [1.807, 2.05) is 0 Å². The van der Waals surface area contributed by atoms with Crippen LogP contribution in [0.25, 0.3) is 0 Å². The van der Waals surface area contributed by atoms with Gasteiger partial charge in [0.15, 0.2) is 0 Å². The molecule has 74 valence electrons. The number of hydrogen-bond acceptors (Lipinski definition) is 4. The molecular weight excluding hydrogens is 190 g/mol. The predicted molar refractivity (Wildman–Crippen MR) is 50.6 cm³/mol. The Bertz CT molecular complexity index is 242. The van der Waals surface area contributed by atoms with Crippen LogP contribution in [0.15, 0.2) is 0 Å². The molecule has 1 aliphatic heterocycles. The Morgan fingerprint density at radius 2 is 2.23 bits per heavy atom. The number of ketones is 1. The fraction of sp³-hybridized carbons (Fsp3) is 0.750. The van der Waals surface area contributed by atoms with E-state index in [0.717, 1.165) is 0 Å². The maximum absolute atomic E-state index is 11.2. The van der Waals surface area contributed by atoms with Gasteiger partial charge in [-0.1, -0.05) is 6.92 Å². The largest absolute Gasteiger partial charge is 0.390 e. The second-order valence-electron chi connectivity index (χ2n) is 3.35. The molecule has 5 heteroatoms. The summed E-state index contributed by atoms with van der Waals surface area (Å²) in [5.41, 5.74) is 0. The van der Waals surface area contributed by atoms with Crippen molar-refractivity contribution in [3.8, 4) is 0 Å². The van der Waals surface area contributed by atoms with Crippen molar-refractivity contribution in [1.29, 1.82) is 0 Å². The summed E-state index contributed by atoms with van der Waals surface area (Å²) in [6, 6.07) is -0.426. The first kappa shape index (κ1) is 10.5. The van der Waals surface area contributed by atoms with E-state index in [0.29, 0.717) is 0 Å². The third-order valence-corrected chi connectivity index (χ3v) is 2.58. The monoisotopic (exact) mass is 203 g/mol. The van der Waals surface area contributed by atoms with Crippen LogP contribution >= 0.6 is 12.6 Å². The Balaban J connectivity index is 2.81. The van der Waals surface area contributed by atoms with Gasteiger partial charge in [0.2, 0.25) is 5.91 Å². The highest BCUT2D eigenvalue weighted by Crippen LogP contribution is 2.21. The molecule has 0 aromatic carbocycles. The molecule has 1 aliphatic rings. The Labute approximate surface area is 82.1 Å². The van der Waals surface area contributed by atoms with Crippen LogP contribution in [0.4, 0.5) is 0 Å². The number of aliphatic hydroxyl groups excluding tert-OH is 1. The van der Waals surface area contributed by atoms with E-state index in [4.69, 9.17) is 0 Å². The van der Waals surface area contributed by atoms with Crippen LogP contribution in [-0.2, 0) is 9.59 Å². The molecule has 2 N–H and O–H groups in total. The molecule has 0 radical (unpaired) electrons. The van der Waals surface area contributed by atoms with Gasteiger partial charge in [0, 0.05) is 5.25 Å². The molecule has 4 nitrogen and oxygen atoms in total. The molecule has 4 atom stereocenters. The smallest absolute Gasteiger partial charge is 0.233 e. The average Bonchev–Trinajstić information content (AvgIpc) is 2.26. The third kappa shape index (κ3) is 1.86. The van der Waals surface area contributed by atoms with Crippen molar-refractivity contribution in [3.05, 3.63) is 0 Å². The fourth-order valence-corrected chi connectivity index (χ4v) is 1.78. The third-order valence-electron chi connectivity index (χ3n) is 2.26. The number of carbonyl (C=O) groups excluding carboxylic acids is 2. The minimum absolute atomic E-state index is 0.164. The normalized spacial score (nSPS) is 35.7. The van der Waals surface area contributed by atoms with E-state index in [2.05, 4.69) is 17.9 Å². The minimum Gasteiger partial charge on any atom is -0.390 e. The highest BCUT2D eigenvalue weighted by molar-refractivity contribution is 7.81. The lowest BCUT2D eigenvalue weighted by Gasteiger charge is -2.18. The first-order chi connectivity index (χ1) is 5.95. The van der Waals surface area contributed by atoms with E-state index in [1.54, 1.807) is 6.92 Å². The molecule has 4 unspecified atom stereocenters. The van der Waals surface area contributed by atoms with E-state index in [1.165, 1.54) is 6.92 Å². The Kier molecular flexibility index (Phi) is 2.98. The number of thiol groups is 1. The lowest BCUT2D eigenvalue weighted by Crippen LogP contribution is -2.39. The van der Waals surface area contributed by atoms with Crippen LogP contribution in [0.2, 0.25) is 0 Å².